The Morgan fingerprint density at radius 1 is 1.03 bits per heavy atom. The lowest BCUT2D eigenvalue weighted by atomic mass is 10.1. The van der Waals surface area contributed by atoms with Crippen LogP contribution in [0, 0.1) is 0 Å². The van der Waals surface area contributed by atoms with Crippen molar-refractivity contribution >= 4 is 11.6 Å². The molecule has 1 unspecified atom stereocenters. The molecule has 6 heteroatoms. The van der Waals surface area contributed by atoms with E-state index in [4.69, 9.17) is 9.15 Å². The number of piperazine rings is 1. The second-order valence-corrected chi connectivity index (χ2v) is 8.41. The number of nitrogens with one attached hydrogen (secondary N) is 1. The average molecular weight is 448 g/mol. The molecule has 0 radical (unpaired) electrons. The lowest BCUT2D eigenvalue weighted by Crippen LogP contribution is -2.49. The first-order valence-corrected chi connectivity index (χ1v) is 11.7. The normalized spacial score (nSPS) is 15.3. The van der Waals surface area contributed by atoms with Crippen molar-refractivity contribution in [3.63, 3.8) is 0 Å². The van der Waals surface area contributed by atoms with Crippen molar-refractivity contribution in [3.8, 4) is 5.75 Å². The number of carbonyl (C=O) groups is 1. The van der Waals surface area contributed by atoms with Gasteiger partial charge in [0.2, 0.25) is 0 Å². The lowest BCUT2D eigenvalue weighted by molar-refractivity contribution is 0.0923. The second kappa shape index (κ2) is 11.1. The highest BCUT2D eigenvalue weighted by Gasteiger charge is 2.27. The summed E-state index contributed by atoms with van der Waals surface area (Å²) in [4.78, 5) is 17.6. The Bertz CT molecular complexity index is 992. The minimum absolute atomic E-state index is 0.00123. The van der Waals surface area contributed by atoms with Gasteiger partial charge in [0, 0.05) is 44.0 Å². The zero-order valence-corrected chi connectivity index (χ0v) is 19.5. The summed E-state index contributed by atoms with van der Waals surface area (Å²) in [7, 11) is 1.68. The van der Waals surface area contributed by atoms with Crippen molar-refractivity contribution in [3.05, 3.63) is 83.8 Å². The van der Waals surface area contributed by atoms with Crippen molar-refractivity contribution in [1.82, 2.24) is 10.2 Å². The van der Waals surface area contributed by atoms with E-state index in [-0.39, 0.29) is 11.9 Å². The SMILES string of the molecule is CCCc1ccc(C(=O)NCC(c2ccco2)N2CCN(c3ccc(OC)cc3)CC2)cc1. The third kappa shape index (κ3) is 5.76. The molecule has 2 aromatic carbocycles. The van der Waals surface area contributed by atoms with E-state index >= 15 is 0 Å². The van der Waals surface area contributed by atoms with Crippen LogP contribution in [0.15, 0.2) is 71.3 Å². The van der Waals surface area contributed by atoms with E-state index in [1.165, 1.54) is 11.3 Å². The van der Waals surface area contributed by atoms with Gasteiger partial charge in [0.05, 0.1) is 19.4 Å². The first-order chi connectivity index (χ1) is 16.2. The number of aryl methyl sites for hydroxylation is 1. The quantitative estimate of drug-likeness (QED) is 0.522. The van der Waals surface area contributed by atoms with E-state index in [1.54, 1.807) is 13.4 Å². The van der Waals surface area contributed by atoms with E-state index in [0.717, 1.165) is 50.5 Å². The summed E-state index contributed by atoms with van der Waals surface area (Å²) in [6, 6.07) is 20.0. The zero-order valence-electron chi connectivity index (χ0n) is 19.5. The maximum Gasteiger partial charge on any atom is 0.251 e. The molecule has 33 heavy (non-hydrogen) atoms. The van der Waals surface area contributed by atoms with Gasteiger partial charge in [0.1, 0.15) is 11.5 Å². The third-order valence-electron chi connectivity index (χ3n) is 6.27. The molecule has 1 amide bonds. The molecule has 1 saturated heterocycles. The molecule has 3 aromatic rings. The maximum absolute atomic E-state index is 12.8. The van der Waals surface area contributed by atoms with Gasteiger partial charge in [-0.1, -0.05) is 25.5 Å². The first kappa shape index (κ1) is 22.9. The van der Waals surface area contributed by atoms with E-state index < -0.39 is 0 Å². The number of hydrogen-bond acceptors (Lipinski definition) is 5. The third-order valence-corrected chi connectivity index (χ3v) is 6.27. The summed E-state index contributed by atoms with van der Waals surface area (Å²) < 4.78 is 11.0. The van der Waals surface area contributed by atoms with Crippen LogP contribution >= 0.6 is 0 Å². The van der Waals surface area contributed by atoms with E-state index in [0.29, 0.717) is 12.1 Å². The molecular formula is C27H33N3O3. The van der Waals surface area contributed by atoms with E-state index in [2.05, 4.69) is 34.2 Å². The van der Waals surface area contributed by atoms with Crippen LogP contribution in [0.25, 0.3) is 0 Å². The molecular weight excluding hydrogens is 414 g/mol. The number of furan rings is 1. The van der Waals surface area contributed by atoms with Gasteiger partial charge in [0.25, 0.3) is 5.91 Å². The Hall–Kier alpha value is -3.25. The Morgan fingerprint density at radius 3 is 2.36 bits per heavy atom. The molecule has 2 heterocycles. The smallest absolute Gasteiger partial charge is 0.251 e. The molecule has 0 saturated carbocycles. The lowest BCUT2D eigenvalue weighted by Gasteiger charge is -2.39. The summed E-state index contributed by atoms with van der Waals surface area (Å²) in [5, 5.41) is 3.12. The summed E-state index contributed by atoms with van der Waals surface area (Å²) in [5.41, 5.74) is 3.15. The first-order valence-electron chi connectivity index (χ1n) is 11.7. The fourth-order valence-corrected chi connectivity index (χ4v) is 4.38. The Balaban J connectivity index is 1.37. The zero-order chi connectivity index (χ0) is 23.0. The average Bonchev–Trinajstić information content (AvgIpc) is 3.40. The maximum atomic E-state index is 12.8. The monoisotopic (exact) mass is 447 g/mol. The van der Waals surface area contributed by atoms with Gasteiger partial charge in [-0.05, 0) is 60.5 Å². The molecule has 1 aromatic heterocycles. The highest BCUT2D eigenvalue weighted by Crippen LogP contribution is 2.25. The van der Waals surface area contributed by atoms with E-state index in [9.17, 15) is 4.79 Å². The number of amides is 1. The van der Waals surface area contributed by atoms with Gasteiger partial charge in [0.15, 0.2) is 0 Å². The number of rotatable bonds is 9. The number of benzene rings is 2. The molecule has 1 atom stereocenters. The van der Waals surface area contributed by atoms with Gasteiger partial charge in [-0.15, -0.1) is 0 Å². The van der Waals surface area contributed by atoms with Crippen molar-refractivity contribution in [1.29, 1.82) is 0 Å². The van der Waals surface area contributed by atoms with Crippen LogP contribution in [-0.4, -0.2) is 50.6 Å². The van der Waals surface area contributed by atoms with Crippen LogP contribution in [0.2, 0.25) is 0 Å². The predicted molar refractivity (Wildman–Crippen MR) is 131 cm³/mol. The standard InChI is InChI=1S/C27H33N3O3/c1-3-5-21-7-9-22(10-8-21)27(31)28-20-25(26-6-4-19-33-26)30-17-15-29(16-18-30)23-11-13-24(32-2)14-12-23/h4,6-14,19,25H,3,5,15-18,20H2,1-2H3,(H,28,31). The molecule has 1 fully saturated rings. The summed E-state index contributed by atoms with van der Waals surface area (Å²) in [5.74, 6) is 1.70. The van der Waals surface area contributed by atoms with Crippen LogP contribution in [0.3, 0.4) is 0 Å². The van der Waals surface area contributed by atoms with Crippen molar-refractivity contribution in [2.45, 2.75) is 25.8 Å². The molecule has 1 aliphatic heterocycles. The predicted octanol–water partition coefficient (Wildman–Crippen LogP) is 4.53. The largest absolute Gasteiger partial charge is 0.497 e. The highest BCUT2D eigenvalue weighted by atomic mass is 16.5. The summed E-state index contributed by atoms with van der Waals surface area (Å²) in [6.45, 7) is 6.27. The van der Waals surface area contributed by atoms with Crippen molar-refractivity contribution in [2.75, 3.05) is 44.7 Å². The molecule has 0 spiro atoms. The van der Waals surface area contributed by atoms with Crippen molar-refractivity contribution in [2.24, 2.45) is 0 Å². The topological polar surface area (TPSA) is 58.0 Å². The molecule has 0 aliphatic carbocycles. The number of carbonyl (C=O) groups excluding carboxylic acids is 1. The number of nitrogens with zero attached hydrogens (tertiary/aromatic N) is 2. The van der Waals surface area contributed by atoms with Crippen LogP contribution < -0.4 is 15.0 Å². The van der Waals surface area contributed by atoms with Gasteiger partial charge >= 0.3 is 0 Å². The molecule has 1 aliphatic rings. The fourth-order valence-electron chi connectivity index (χ4n) is 4.38. The van der Waals surface area contributed by atoms with Crippen LogP contribution in [0.5, 0.6) is 5.75 Å². The minimum Gasteiger partial charge on any atom is -0.497 e. The number of methoxy groups -OCH3 is 1. The van der Waals surface area contributed by atoms with Crippen molar-refractivity contribution < 1.29 is 13.9 Å². The summed E-state index contributed by atoms with van der Waals surface area (Å²) in [6.07, 6.45) is 3.83. The van der Waals surface area contributed by atoms with Gasteiger partial charge < -0.3 is 19.4 Å². The van der Waals surface area contributed by atoms with Gasteiger partial charge in [-0.25, -0.2) is 0 Å². The Labute approximate surface area is 196 Å². The van der Waals surface area contributed by atoms with Crippen LogP contribution in [-0.2, 0) is 6.42 Å². The second-order valence-electron chi connectivity index (χ2n) is 8.41. The molecule has 4 rings (SSSR count). The molecule has 0 bridgehead atoms. The van der Waals surface area contributed by atoms with Gasteiger partial charge in [-0.3, -0.25) is 9.69 Å². The minimum atomic E-state index is -0.0496. The Morgan fingerprint density at radius 2 is 1.76 bits per heavy atom. The number of anilines is 1. The molecule has 6 nitrogen and oxygen atoms in total. The number of ether oxygens (including phenoxy) is 1. The molecule has 1 N–H and O–H groups in total. The highest BCUT2D eigenvalue weighted by molar-refractivity contribution is 5.94. The van der Waals surface area contributed by atoms with Crippen LogP contribution in [0.1, 0.15) is 41.1 Å². The summed E-state index contributed by atoms with van der Waals surface area (Å²) >= 11 is 0. The Kier molecular flexibility index (Phi) is 7.68. The molecule has 174 valence electrons. The van der Waals surface area contributed by atoms with Crippen LogP contribution in [0.4, 0.5) is 5.69 Å². The van der Waals surface area contributed by atoms with Gasteiger partial charge in [-0.2, -0.15) is 0 Å². The van der Waals surface area contributed by atoms with E-state index in [1.807, 2.05) is 48.5 Å². The number of hydrogen-bond donors (Lipinski definition) is 1. The fraction of sp³-hybridized carbons (Fsp3) is 0.370.